The number of rotatable bonds is 5. The van der Waals surface area contributed by atoms with Crippen LogP contribution in [0.5, 0.6) is 5.75 Å². The van der Waals surface area contributed by atoms with E-state index in [-0.39, 0.29) is 35.8 Å². The van der Waals surface area contributed by atoms with E-state index in [1.165, 1.54) is 18.2 Å². The van der Waals surface area contributed by atoms with Crippen molar-refractivity contribution in [2.45, 2.75) is 32.0 Å². The van der Waals surface area contributed by atoms with Gasteiger partial charge in [-0.15, -0.1) is 0 Å². The van der Waals surface area contributed by atoms with Crippen LogP contribution < -0.4 is 4.74 Å². The van der Waals surface area contributed by atoms with Crippen molar-refractivity contribution in [1.29, 1.82) is 0 Å². The maximum absolute atomic E-state index is 10.9. The van der Waals surface area contributed by atoms with Gasteiger partial charge in [0.2, 0.25) is 0 Å². The number of benzene rings is 1. The second-order valence-corrected chi connectivity index (χ2v) is 4.56. The summed E-state index contributed by atoms with van der Waals surface area (Å²) in [7, 11) is 0. The predicted octanol–water partition coefficient (Wildman–Crippen LogP) is 2.35. The maximum atomic E-state index is 10.9. The van der Waals surface area contributed by atoms with Gasteiger partial charge in [-0.25, -0.2) is 0 Å². The van der Waals surface area contributed by atoms with Crippen LogP contribution in [0.3, 0.4) is 0 Å². The summed E-state index contributed by atoms with van der Waals surface area (Å²) in [6.45, 7) is 2.27. The molecule has 102 valence electrons. The van der Waals surface area contributed by atoms with Gasteiger partial charge >= 0.3 is 5.69 Å². The van der Waals surface area contributed by atoms with Gasteiger partial charge in [0.1, 0.15) is 12.9 Å². The molecule has 1 aromatic rings. The first kappa shape index (κ1) is 13.5. The predicted molar refractivity (Wildman–Crippen MR) is 67.5 cm³/mol. The van der Waals surface area contributed by atoms with E-state index in [4.69, 9.17) is 9.47 Å². The first-order valence-corrected chi connectivity index (χ1v) is 6.12. The van der Waals surface area contributed by atoms with Gasteiger partial charge in [0, 0.05) is 11.6 Å². The first-order valence-electron chi connectivity index (χ1n) is 6.12. The van der Waals surface area contributed by atoms with Crippen LogP contribution in [0.4, 0.5) is 5.69 Å². The molecule has 1 aliphatic heterocycles. The van der Waals surface area contributed by atoms with Gasteiger partial charge in [-0.05, 0) is 31.9 Å². The van der Waals surface area contributed by atoms with Crippen LogP contribution in [0, 0.1) is 10.1 Å². The zero-order chi connectivity index (χ0) is 13.8. The van der Waals surface area contributed by atoms with Crippen molar-refractivity contribution in [3.8, 4) is 5.75 Å². The molecule has 19 heavy (non-hydrogen) atoms. The molecule has 2 unspecified atom stereocenters. The normalized spacial score (nSPS) is 22.2. The number of nitrogens with zero attached hydrogens (tertiary/aromatic N) is 1. The van der Waals surface area contributed by atoms with Crippen molar-refractivity contribution in [1.82, 2.24) is 0 Å². The van der Waals surface area contributed by atoms with Crippen LogP contribution in [0.1, 0.15) is 30.1 Å². The Hall–Kier alpha value is -1.95. The monoisotopic (exact) mass is 265 g/mol. The van der Waals surface area contributed by atoms with Crippen molar-refractivity contribution in [2.75, 3.05) is 6.61 Å². The zero-order valence-corrected chi connectivity index (χ0v) is 10.6. The fourth-order valence-corrected chi connectivity index (χ4v) is 2.06. The van der Waals surface area contributed by atoms with Gasteiger partial charge in [0.05, 0.1) is 17.1 Å². The van der Waals surface area contributed by atoms with Crippen LogP contribution in [0.25, 0.3) is 0 Å². The molecular weight excluding hydrogens is 250 g/mol. The molecule has 6 nitrogen and oxygen atoms in total. The Balaban J connectivity index is 2.06. The lowest BCUT2D eigenvalue weighted by molar-refractivity contribution is -0.385. The van der Waals surface area contributed by atoms with Gasteiger partial charge in [-0.2, -0.15) is 0 Å². The fourth-order valence-electron chi connectivity index (χ4n) is 2.06. The van der Waals surface area contributed by atoms with Gasteiger partial charge in [-0.3, -0.25) is 14.9 Å². The molecule has 0 spiro atoms. The van der Waals surface area contributed by atoms with E-state index in [1.54, 1.807) is 0 Å². The van der Waals surface area contributed by atoms with Crippen molar-refractivity contribution in [3.05, 3.63) is 33.9 Å². The first-order chi connectivity index (χ1) is 9.10. The number of carbonyl (C=O) groups excluding carboxylic acids is 1. The summed E-state index contributed by atoms with van der Waals surface area (Å²) in [5, 5.41) is 10.9. The largest absolute Gasteiger partial charge is 0.484 e. The summed E-state index contributed by atoms with van der Waals surface area (Å²) in [5.74, 6) is 0.166. The van der Waals surface area contributed by atoms with Crippen molar-refractivity contribution in [3.63, 3.8) is 0 Å². The average molecular weight is 265 g/mol. The number of ether oxygens (including phenoxy) is 2. The third kappa shape index (κ3) is 3.29. The smallest absolute Gasteiger partial charge is 0.311 e. The second-order valence-electron chi connectivity index (χ2n) is 4.56. The van der Waals surface area contributed by atoms with Crippen LogP contribution in [-0.4, -0.2) is 30.0 Å². The summed E-state index contributed by atoms with van der Waals surface area (Å²) in [5.41, 5.74) is 0.0560. The fraction of sp³-hybridized carbons (Fsp3) is 0.462. The van der Waals surface area contributed by atoms with E-state index in [1.807, 2.05) is 6.92 Å². The third-order valence-electron chi connectivity index (χ3n) is 3.06. The van der Waals surface area contributed by atoms with E-state index >= 15 is 0 Å². The quantitative estimate of drug-likeness (QED) is 0.464. The molecule has 0 aliphatic carbocycles. The van der Waals surface area contributed by atoms with Gasteiger partial charge in [-0.1, -0.05) is 0 Å². The molecule has 1 heterocycles. The number of hydrogen-bond donors (Lipinski definition) is 0. The molecule has 2 rings (SSSR count). The minimum absolute atomic E-state index is 0.0275. The number of aldehydes is 1. The van der Waals surface area contributed by atoms with E-state index < -0.39 is 4.92 Å². The van der Waals surface area contributed by atoms with E-state index in [9.17, 15) is 14.9 Å². The Bertz CT molecular complexity index is 488. The van der Waals surface area contributed by atoms with Crippen LogP contribution >= 0.6 is 0 Å². The van der Waals surface area contributed by atoms with E-state index in [0.29, 0.717) is 6.29 Å². The molecular formula is C13H15NO5. The highest BCUT2D eigenvalue weighted by molar-refractivity contribution is 5.77. The highest BCUT2D eigenvalue weighted by Gasteiger charge is 2.24. The Labute approximate surface area is 110 Å². The number of carbonyl (C=O) groups is 1. The second kappa shape index (κ2) is 5.79. The lowest BCUT2D eigenvalue weighted by Gasteiger charge is -2.12. The maximum Gasteiger partial charge on any atom is 0.311 e. The van der Waals surface area contributed by atoms with Gasteiger partial charge in [0.15, 0.2) is 5.75 Å². The van der Waals surface area contributed by atoms with Crippen LogP contribution in [-0.2, 0) is 4.74 Å². The van der Waals surface area contributed by atoms with E-state index in [2.05, 4.69) is 0 Å². The Kier molecular flexibility index (Phi) is 4.11. The molecule has 2 atom stereocenters. The van der Waals surface area contributed by atoms with Crippen LogP contribution in [0.15, 0.2) is 18.2 Å². The minimum Gasteiger partial charge on any atom is -0.484 e. The number of nitro benzene ring substituents is 1. The lowest BCUT2D eigenvalue weighted by Crippen LogP contribution is -2.18. The van der Waals surface area contributed by atoms with E-state index in [0.717, 1.165) is 12.8 Å². The van der Waals surface area contributed by atoms with Gasteiger partial charge in [0.25, 0.3) is 0 Å². The molecule has 0 bridgehead atoms. The van der Waals surface area contributed by atoms with Crippen molar-refractivity contribution >= 4 is 12.0 Å². The Morgan fingerprint density at radius 3 is 2.89 bits per heavy atom. The molecule has 0 amide bonds. The highest BCUT2D eigenvalue weighted by Crippen LogP contribution is 2.28. The molecule has 0 radical (unpaired) electrons. The summed E-state index contributed by atoms with van der Waals surface area (Å²) in [6, 6.07) is 4.15. The molecule has 1 aliphatic rings. The Morgan fingerprint density at radius 1 is 1.53 bits per heavy atom. The summed E-state index contributed by atoms with van der Waals surface area (Å²) in [6.07, 6.45) is 2.61. The van der Waals surface area contributed by atoms with Crippen molar-refractivity contribution < 1.29 is 19.2 Å². The summed E-state index contributed by atoms with van der Waals surface area (Å²) in [4.78, 5) is 21.0. The topological polar surface area (TPSA) is 78.7 Å². The number of nitro groups is 1. The number of hydrogen-bond acceptors (Lipinski definition) is 5. The lowest BCUT2D eigenvalue weighted by atomic mass is 10.2. The molecule has 1 saturated heterocycles. The Morgan fingerprint density at radius 2 is 2.32 bits per heavy atom. The minimum atomic E-state index is -0.555. The molecule has 0 saturated carbocycles. The molecule has 0 N–H and O–H groups in total. The zero-order valence-electron chi connectivity index (χ0n) is 10.6. The van der Waals surface area contributed by atoms with Crippen molar-refractivity contribution in [2.24, 2.45) is 0 Å². The third-order valence-corrected chi connectivity index (χ3v) is 3.06. The van der Waals surface area contributed by atoms with Gasteiger partial charge < -0.3 is 9.47 Å². The SMILES string of the molecule is CC1CCC(COc2ccc(C=O)cc2[N+](=O)[O-])O1. The average Bonchev–Trinajstić information content (AvgIpc) is 2.82. The molecule has 1 fully saturated rings. The molecule has 0 aromatic heterocycles. The standard InChI is InChI=1S/C13H15NO5/c1-9-2-4-11(19-9)8-18-13-5-3-10(7-15)6-12(13)14(16)17/h3,5-7,9,11H,2,4,8H2,1H3. The molecule has 1 aromatic carbocycles. The van der Waals surface area contributed by atoms with Crippen LogP contribution in [0.2, 0.25) is 0 Å². The molecule has 6 heteroatoms. The summed E-state index contributed by atoms with van der Waals surface area (Å²) >= 11 is 0. The highest BCUT2D eigenvalue weighted by atomic mass is 16.6. The summed E-state index contributed by atoms with van der Waals surface area (Å²) < 4.78 is 11.0.